The lowest BCUT2D eigenvalue weighted by Gasteiger charge is -2.49. The topological polar surface area (TPSA) is 111 Å². The Morgan fingerprint density at radius 2 is 1.91 bits per heavy atom. The minimum absolute atomic E-state index is 0.164. The molecule has 6 atom stereocenters. The monoisotopic (exact) mass is 497 g/mol. The average Bonchev–Trinajstić information content (AvgIpc) is 3.14. The number of hydroxylamine groups is 1. The van der Waals surface area contributed by atoms with E-state index >= 15 is 0 Å². The number of rotatable bonds is 7. The zero-order valence-corrected chi connectivity index (χ0v) is 21.3. The molecule has 5 rings (SSSR count). The Morgan fingerprint density at radius 3 is 2.53 bits per heavy atom. The van der Waals surface area contributed by atoms with E-state index in [0.29, 0.717) is 25.3 Å². The van der Waals surface area contributed by atoms with Crippen molar-refractivity contribution < 1.29 is 22.8 Å². The van der Waals surface area contributed by atoms with Crippen LogP contribution in [0.5, 0.6) is 0 Å². The van der Waals surface area contributed by atoms with Crippen molar-refractivity contribution in [2.24, 2.45) is 11.8 Å². The number of sulfonamides is 1. The summed E-state index contributed by atoms with van der Waals surface area (Å²) >= 11 is 0. The molecule has 10 nitrogen and oxygen atoms in total. The molecule has 2 N–H and O–H groups in total. The minimum atomic E-state index is -3.53. The first-order chi connectivity index (χ1) is 16.0. The van der Waals surface area contributed by atoms with E-state index in [1.165, 1.54) is 4.90 Å². The molecule has 6 unspecified atom stereocenters. The summed E-state index contributed by atoms with van der Waals surface area (Å²) in [4.78, 5) is 38.3. The van der Waals surface area contributed by atoms with Crippen LogP contribution < -0.4 is 10.2 Å². The summed E-state index contributed by atoms with van der Waals surface area (Å²) in [6, 6.07) is -0.308. The molecule has 2 saturated carbocycles. The molecule has 0 radical (unpaired) electrons. The van der Waals surface area contributed by atoms with Crippen LogP contribution in [0, 0.1) is 11.8 Å². The van der Waals surface area contributed by atoms with E-state index < -0.39 is 21.2 Å². The van der Waals surface area contributed by atoms with Gasteiger partial charge in [-0.3, -0.25) is 14.5 Å². The summed E-state index contributed by atoms with van der Waals surface area (Å²) in [5, 5.41) is -0.603. The third-order valence-corrected chi connectivity index (χ3v) is 10.5. The fourth-order valence-electron chi connectivity index (χ4n) is 6.20. The van der Waals surface area contributed by atoms with Gasteiger partial charge in [-0.1, -0.05) is 0 Å². The summed E-state index contributed by atoms with van der Waals surface area (Å²) in [7, 11) is -1.44. The number of nitrogens with zero attached hydrogens (tertiary/aromatic N) is 3. The van der Waals surface area contributed by atoms with Crippen LogP contribution in [0.3, 0.4) is 0 Å². The van der Waals surface area contributed by atoms with Gasteiger partial charge in [-0.2, -0.15) is 5.48 Å². The van der Waals surface area contributed by atoms with Crippen molar-refractivity contribution in [2.45, 2.75) is 87.8 Å². The Labute approximate surface area is 202 Å². The second-order valence-corrected chi connectivity index (χ2v) is 13.6. The number of carbonyl (C=O) groups is 2. The molecule has 0 aromatic rings. The van der Waals surface area contributed by atoms with E-state index in [9.17, 15) is 18.0 Å². The molecule has 3 saturated heterocycles. The number of likely N-dealkylation sites (tertiary alicyclic amines) is 1. The van der Waals surface area contributed by atoms with Crippen molar-refractivity contribution in [3.8, 4) is 0 Å². The van der Waals surface area contributed by atoms with Crippen molar-refractivity contribution in [3.05, 3.63) is 0 Å². The number of fused-ring (bicyclic) bond motifs is 1. The van der Waals surface area contributed by atoms with Crippen LogP contribution in [0.15, 0.2) is 0 Å². The Bertz CT molecular complexity index is 925. The highest BCUT2D eigenvalue weighted by atomic mass is 32.2. The third-order valence-electron chi connectivity index (χ3n) is 8.44. The van der Waals surface area contributed by atoms with Gasteiger partial charge in [0.1, 0.15) is 0 Å². The van der Waals surface area contributed by atoms with E-state index in [1.807, 2.05) is 18.7 Å². The van der Waals surface area contributed by atoms with E-state index in [1.54, 1.807) is 0 Å². The number of nitrogens with one attached hydrogen (secondary N) is 2. The van der Waals surface area contributed by atoms with E-state index in [0.717, 1.165) is 38.8 Å². The highest BCUT2D eigenvalue weighted by Gasteiger charge is 2.53. The molecule has 0 aromatic heterocycles. The molecular weight excluding hydrogens is 458 g/mol. The average molecular weight is 498 g/mol. The molecule has 0 aromatic carbocycles. The number of hydrogen-bond acceptors (Lipinski definition) is 7. The van der Waals surface area contributed by atoms with Gasteiger partial charge in [0.05, 0.1) is 23.8 Å². The van der Waals surface area contributed by atoms with Gasteiger partial charge in [0, 0.05) is 30.7 Å². The van der Waals surface area contributed by atoms with Gasteiger partial charge in [0.2, 0.25) is 15.9 Å². The van der Waals surface area contributed by atoms with E-state index in [4.69, 9.17) is 4.84 Å². The molecule has 0 spiro atoms. The smallest absolute Gasteiger partial charge is 0.320 e. The zero-order chi connectivity index (χ0) is 24.3. The van der Waals surface area contributed by atoms with Crippen LogP contribution in [-0.2, 0) is 19.7 Å². The maximum Gasteiger partial charge on any atom is 0.327 e. The fraction of sp³-hybridized carbons (Fsp3) is 0.913. The molecule has 5 aliphatic rings. The van der Waals surface area contributed by atoms with Crippen LogP contribution in [0.25, 0.3) is 0 Å². The van der Waals surface area contributed by atoms with Crippen molar-refractivity contribution in [3.63, 3.8) is 0 Å². The quantitative estimate of drug-likeness (QED) is 0.537. The molecule has 3 amide bonds. The number of carbonyl (C=O) groups excluding carboxylic acids is 2. The van der Waals surface area contributed by atoms with Gasteiger partial charge >= 0.3 is 6.03 Å². The first kappa shape index (κ1) is 24.4. The van der Waals surface area contributed by atoms with Gasteiger partial charge in [-0.25, -0.2) is 17.9 Å². The van der Waals surface area contributed by atoms with E-state index in [2.05, 4.69) is 22.1 Å². The highest BCUT2D eigenvalue weighted by Crippen LogP contribution is 2.40. The van der Waals surface area contributed by atoms with Gasteiger partial charge in [-0.05, 0) is 78.3 Å². The molecule has 0 bridgehead atoms. The van der Waals surface area contributed by atoms with Gasteiger partial charge in [-0.15, -0.1) is 0 Å². The summed E-state index contributed by atoms with van der Waals surface area (Å²) in [5.74, 6) is -0.367. The van der Waals surface area contributed by atoms with Crippen LogP contribution in [0.4, 0.5) is 4.79 Å². The number of imide groups is 1. The number of amides is 3. The minimum Gasteiger partial charge on any atom is -0.320 e. The number of urea groups is 1. The van der Waals surface area contributed by atoms with Crippen molar-refractivity contribution in [1.29, 1.82) is 0 Å². The molecule has 192 valence electrons. The fourth-order valence-corrected chi connectivity index (χ4v) is 8.16. The Morgan fingerprint density at radius 1 is 1.15 bits per heavy atom. The van der Waals surface area contributed by atoms with Gasteiger partial charge in [0.15, 0.2) is 0 Å². The third kappa shape index (κ3) is 4.86. The summed E-state index contributed by atoms with van der Waals surface area (Å²) in [6.07, 6.45) is 4.48. The molecule has 3 heterocycles. The lowest BCUT2D eigenvalue weighted by Crippen LogP contribution is -2.65. The Hall–Kier alpha value is -1.27. The predicted octanol–water partition coefficient (Wildman–Crippen LogP) is 0.894. The Balaban J connectivity index is 1.36. The molecular formula is C23H39N5O5S. The lowest BCUT2D eigenvalue weighted by molar-refractivity contribution is -0.142. The maximum atomic E-state index is 13.6. The standard InChI is InChI=1S/C23H39N5O5S/c1-15-10-17(33-24-15)14-28-21(29)19-11-18(34(31,32)25-23(2)7-8-23)4-5-20(19)27(22(28)30)13-16-6-9-26(3)12-16/h15-20,24-25H,4-14H2,1-3H3. The molecule has 5 fully saturated rings. The van der Waals surface area contributed by atoms with Crippen LogP contribution >= 0.6 is 0 Å². The summed E-state index contributed by atoms with van der Waals surface area (Å²) in [5.41, 5.74) is 2.58. The SMILES string of the molecule is CC1CC(CN2C(=O)C3CC(S(=O)(=O)NC4(C)CC4)CCC3N(CC3CCN(C)C3)C2=O)ON1. The van der Waals surface area contributed by atoms with Crippen LogP contribution in [-0.4, -0.2) is 97.3 Å². The van der Waals surface area contributed by atoms with E-state index in [-0.39, 0.29) is 48.6 Å². The normalized spacial score (nSPS) is 38.4. The predicted molar refractivity (Wildman–Crippen MR) is 126 cm³/mol. The van der Waals surface area contributed by atoms with Crippen LogP contribution in [0.1, 0.15) is 58.8 Å². The number of hydrogen-bond donors (Lipinski definition) is 2. The summed E-state index contributed by atoms with van der Waals surface area (Å²) in [6.45, 7) is 6.69. The maximum absolute atomic E-state index is 13.6. The molecule has 34 heavy (non-hydrogen) atoms. The second-order valence-electron chi connectivity index (χ2n) is 11.6. The Kier molecular flexibility index (Phi) is 6.46. The van der Waals surface area contributed by atoms with Crippen molar-refractivity contribution in [2.75, 3.05) is 33.2 Å². The largest absolute Gasteiger partial charge is 0.327 e. The van der Waals surface area contributed by atoms with Gasteiger partial charge < -0.3 is 9.80 Å². The summed E-state index contributed by atoms with van der Waals surface area (Å²) < 4.78 is 29.1. The van der Waals surface area contributed by atoms with Crippen molar-refractivity contribution >= 4 is 22.0 Å². The molecule has 3 aliphatic heterocycles. The first-order valence-corrected chi connectivity index (χ1v) is 14.3. The highest BCUT2D eigenvalue weighted by molar-refractivity contribution is 7.90. The zero-order valence-electron chi connectivity index (χ0n) is 20.5. The van der Waals surface area contributed by atoms with Crippen molar-refractivity contribution in [1.82, 2.24) is 24.9 Å². The molecule has 2 aliphatic carbocycles. The van der Waals surface area contributed by atoms with Crippen LogP contribution in [0.2, 0.25) is 0 Å². The second kappa shape index (κ2) is 8.99. The molecule has 11 heteroatoms. The van der Waals surface area contributed by atoms with Gasteiger partial charge in [0.25, 0.3) is 0 Å². The lowest BCUT2D eigenvalue weighted by atomic mass is 9.80. The first-order valence-electron chi connectivity index (χ1n) is 12.8.